The van der Waals surface area contributed by atoms with Crippen LogP contribution in [0.4, 0.5) is 4.39 Å². The number of aryl methyl sites for hydroxylation is 1. The Hall–Kier alpha value is -2.38. The van der Waals surface area contributed by atoms with Gasteiger partial charge in [0.25, 0.3) is 0 Å². The Morgan fingerprint density at radius 2 is 2.10 bits per heavy atom. The number of nitrogens with zero attached hydrogens (tertiary/aromatic N) is 1. The van der Waals surface area contributed by atoms with E-state index in [-0.39, 0.29) is 18.8 Å². The molecule has 4 heteroatoms. The molecule has 0 saturated heterocycles. The molecular weight excluding hydrogens is 257 g/mol. The van der Waals surface area contributed by atoms with E-state index in [2.05, 4.69) is 0 Å². The van der Waals surface area contributed by atoms with Gasteiger partial charge in [0, 0.05) is 5.56 Å². The fourth-order valence-electron chi connectivity index (χ4n) is 1.95. The highest BCUT2D eigenvalue weighted by molar-refractivity contribution is 5.41. The minimum absolute atomic E-state index is 0.00161. The van der Waals surface area contributed by atoms with Crippen LogP contribution in [0.3, 0.4) is 0 Å². The van der Waals surface area contributed by atoms with Crippen LogP contribution in [0.15, 0.2) is 36.4 Å². The first kappa shape index (κ1) is 14.0. The van der Waals surface area contributed by atoms with E-state index in [0.717, 1.165) is 5.56 Å². The zero-order valence-electron chi connectivity index (χ0n) is 11.1. The third-order valence-electron chi connectivity index (χ3n) is 3.00. The fraction of sp³-hybridized carbons (Fsp3) is 0.188. The average Bonchev–Trinajstić information content (AvgIpc) is 2.47. The summed E-state index contributed by atoms with van der Waals surface area (Å²) in [5, 5.41) is 18.1. The summed E-state index contributed by atoms with van der Waals surface area (Å²) in [6.45, 7) is 2.00. The number of para-hydroxylation sites is 1. The smallest absolute Gasteiger partial charge is 0.140 e. The quantitative estimate of drug-likeness (QED) is 0.929. The lowest BCUT2D eigenvalue weighted by molar-refractivity contribution is 0.258. The Labute approximate surface area is 116 Å². The molecule has 3 nitrogen and oxygen atoms in total. The largest absolute Gasteiger partial charge is 0.488 e. The normalized spacial score (nSPS) is 10.1. The topological polar surface area (TPSA) is 53.2 Å². The second-order valence-electron chi connectivity index (χ2n) is 4.44. The number of nitriles is 1. The van der Waals surface area contributed by atoms with Crippen molar-refractivity contribution in [3.8, 4) is 11.8 Å². The van der Waals surface area contributed by atoms with Crippen molar-refractivity contribution in [2.24, 2.45) is 0 Å². The minimum atomic E-state index is -0.539. The predicted molar refractivity (Wildman–Crippen MR) is 72.5 cm³/mol. The highest BCUT2D eigenvalue weighted by Crippen LogP contribution is 2.24. The maximum absolute atomic E-state index is 13.2. The van der Waals surface area contributed by atoms with Gasteiger partial charge in [-0.3, -0.25) is 0 Å². The Kier molecular flexibility index (Phi) is 4.34. The molecule has 20 heavy (non-hydrogen) atoms. The number of aliphatic hydroxyl groups is 1. The number of aliphatic hydroxyl groups excluding tert-OH is 1. The third kappa shape index (κ3) is 2.95. The molecule has 0 saturated carbocycles. The molecule has 2 aromatic rings. The van der Waals surface area contributed by atoms with E-state index < -0.39 is 5.82 Å². The summed E-state index contributed by atoms with van der Waals surface area (Å²) in [5.41, 5.74) is 2.32. The molecular formula is C16H14FNO2. The summed E-state index contributed by atoms with van der Waals surface area (Å²) in [6.07, 6.45) is 0. The molecule has 0 aromatic heterocycles. The molecule has 0 radical (unpaired) electrons. The molecule has 0 aliphatic heterocycles. The Morgan fingerprint density at radius 3 is 2.80 bits per heavy atom. The Morgan fingerprint density at radius 1 is 1.30 bits per heavy atom. The molecule has 102 valence electrons. The lowest BCUT2D eigenvalue weighted by Gasteiger charge is -2.13. The van der Waals surface area contributed by atoms with Crippen molar-refractivity contribution < 1.29 is 14.2 Å². The average molecular weight is 271 g/mol. The van der Waals surface area contributed by atoms with Crippen molar-refractivity contribution in [1.29, 1.82) is 5.26 Å². The summed E-state index contributed by atoms with van der Waals surface area (Å²) < 4.78 is 18.9. The summed E-state index contributed by atoms with van der Waals surface area (Å²) >= 11 is 0. The number of benzene rings is 2. The second-order valence-corrected chi connectivity index (χ2v) is 4.44. The molecule has 0 atom stereocenters. The van der Waals surface area contributed by atoms with Crippen molar-refractivity contribution in [2.45, 2.75) is 20.1 Å². The lowest BCUT2D eigenvalue weighted by atomic mass is 10.1. The van der Waals surface area contributed by atoms with E-state index in [9.17, 15) is 9.50 Å². The van der Waals surface area contributed by atoms with Gasteiger partial charge in [0.15, 0.2) is 0 Å². The molecule has 0 amide bonds. The first-order valence-electron chi connectivity index (χ1n) is 6.16. The zero-order chi connectivity index (χ0) is 14.5. The van der Waals surface area contributed by atoms with E-state index in [1.165, 1.54) is 12.1 Å². The molecule has 0 spiro atoms. The van der Waals surface area contributed by atoms with Gasteiger partial charge in [-0.1, -0.05) is 24.3 Å². The second kappa shape index (κ2) is 6.18. The minimum Gasteiger partial charge on any atom is -0.488 e. The van der Waals surface area contributed by atoms with Gasteiger partial charge < -0.3 is 9.84 Å². The van der Waals surface area contributed by atoms with Crippen molar-refractivity contribution >= 4 is 0 Å². The van der Waals surface area contributed by atoms with Crippen LogP contribution in [0.25, 0.3) is 0 Å². The number of rotatable bonds is 4. The summed E-state index contributed by atoms with van der Waals surface area (Å²) in [6, 6.07) is 11.6. The van der Waals surface area contributed by atoms with Gasteiger partial charge in [0.2, 0.25) is 0 Å². The van der Waals surface area contributed by atoms with Crippen molar-refractivity contribution in [3.63, 3.8) is 0 Å². The number of ether oxygens (including phenoxy) is 1. The van der Waals surface area contributed by atoms with Crippen LogP contribution < -0.4 is 4.74 Å². The van der Waals surface area contributed by atoms with Gasteiger partial charge in [0.05, 0.1) is 12.2 Å². The van der Waals surface area contributed by atoms with Gasteiger partial charge in [0.1, 0.15) is 24.2 Å². The van der Waals surface area contributed by atoms with Gasteiger partial charge >= 0.3 is 0 Å². The summed E-state index contributed by atoms with van der Waals surface area (Å²) in [7, 11) is 0. The van der Waals surface area contributed by atoms with Crippen LogP contribution in [0.5, 0.6) is 5.75 Å². The highest BCUT2D eigenvalue weighted by atomic mass is 19.1. The van der Waals surface area contributed by atoms with Crippen molar-refractivity contribution in [2.75, 3.05) is 0 Å². The molecule has 0 fully saturated rings. The maximum Gasteiger partial charge on any atom is 0.140 e. The number of hydrogen-bond donors (Lipinski definition) is 1. The SMILES string of the molecule is Cc1cccc(CO)c1OCc1ccc(F)c(C#N)c1. The summed E-state index contributed by atoms with van der Waals surface area (Å²) in [5.74, 6) is 0.0843. The van der Waals surface area contributed by atoms with Crippen molar-refractivity contribution in [1.82, 2.24) is 0 Å². The Bertz CT molecular complexity index is 662. The molecule has 0 aliphatic rings. The first-order valence-corrected chi connectivity index (χ1v) is 6.16. The predicted octanol–water partition coefficient (Wildman–Crippen LogP) is 3.08. The molecule has 0 aliphatic carbocycles. The maximum atomic E-state index is 13.2. The molecule has 2 aromatic carbocycles. The van der Waals surface area contributed by atoms with Crippen LogP contribution in [-0.2, 0) is 13.2 Å². The zero-order valence-corrected chi connectivity index (χ0v) is 11.1. The standard InChI is InChI=1S/C16H14FNO2/c1-11-3-2-4-13(9-19)16(11)20-10-12-5-6-15(17)14(7-12)8-18/h2-7,19H,9-10H2,1H3. The van der Waals surface area contributed by atoms with Crippen LogP contribution in [0.1, 0.15) is 22.3 Å². The third-order valence-corrected chi connectivity index (χ3v) is 3.00. The van der Waals surface area contributed by atoms with E-state index in [0.29, 0.717) is 16.9 Å². The van der Waals surface area contributed by atoms with Gasteiger partial charge in [-0.15, -0.1) is 0 Å². The molecule has 1 N–H and O–H groups in total. The first-order chi connectivity index (χ1) is 9.65. The van der Waals surface area contributed by atoms with Crippen LogP contribution in [-0.4, -0.2) is 5.11 Å². The number of hydrogen-bond acceptors (Lipinski definition) is 3. The van der Waals surface area contributed by atoms with E-state index in [4.69, 9.17) is 10.00 Å². The van der Waals surface area contributed by atoms with E-state index >= 15 is 0 Å². The lowest BCUT2D eigenvalue weighted by Crippen LogP contribution is -2.01. The van der Waals surface area contributed by atoms with E-state index in [1.807, 2.05) is 19.1 Å². The molecule has 0 bridgehead atoms. The monoisotopic (exact) mass is 271 g/mol. The van der Waals surface area contributed by atoms with Gasteiger partial charge in [-0.05, 0) is 30.2 Å². The highest BCUT2D eigenvalue weighted by Gasteiger charge is 2.08. The molecule has 0 unspecified atom stereocenters. The van der Waals surface area contributed by atoms with Crippen LogP contribution >= 0.6 is 0 Å². The summed E-state index contributed by atoms with van der Waals surface area (Å²) in [4.78, 5) is 0. The Balaban J connectivity index is 2.19. The van der Waals surface area contributed by atoms with Crippen molar-refractivity contribution in [3.05, 3.63) is 64.5 Å². The number of halogens is 1. The molecule has 0 heterocycles. The molecule has 2 rings (SSSR count). The van der Waals surface area contributed by atoms with Gasteiger partial charge in [-0.25, -0.2) is 4.39 Å². The van der Waals surface area contributed by atoms with Gasteiger partial charge in [-0.2, -0.15) is 5.26 Å². The fourth-order valence-corrected chi connectivity index (χ4v) is 1.95. The van der Waals surface area contributed by atoms with Crippen LogP contribution in [0, 0.1) is 24.1 Å². The van der Waals surface area contributed by atoms with E-state index in [1.54, 1.807) is 18.2 Å². The van der Waals surface area contributed by atoms with Crippen LogP contribution in [0.2, 0.25) is 0 Å².